The summed E-state index contributed by atoms with van der Waals surface area (Å²) in [5.41, 5.74) is 5.78. The van der Waals surface area contributed by atoms with Gasteiger partial charge >= 0.3 is 0 Å². The van der Waals surface area contributed by atoms with Crippen LogP contribution in [0.2, 0.25) is 0 Å². The molecule has 0 aliphatic heterocycles. The fourth-order valence-corrected chi connectivity index (χ4v) is 3.15. The molecule has 5 rings (SSSR count). The van der Waals surface area contributed by atoms with Crippen LogP contribution in [0.4, 0.5) is 0 Å². The van der Waals surface area contributed by atoms with E-state index in [1.165, 1.54) is 0 Å². The predicted molar refractivity (Wildman–Crippen MR) is 98.9 cm³/mol. The van der Waals surface area contributed by atoms with Crippen LogP contribution in [0, 0.1) is 0 Å². The Morgan fingerprint density at radius 1 is 0.600 bits per heavy atom. The lowest BCUT2D eigenvalue weighted by Crippen LogP contribution is -1.97. The first-order valence-corrected chi connectivity index (χ1v) is 8.37. The monoisotopic (exact) mass is 388 g/mol. The van der Waals surface area contributed by atoms with E-state index in [-0.39, 0.29) is 0 Å². The summed E-state index contributed by atoms with van der Waals surface area (Å²) in [6, 6.07) is 9.92. The highest BCUT2D eigenvalue weighted by molar-refractivity contribution is 9.10. The van der Waals surface area contributed by atoms with Crippen molar-refractivity contribution in [2.45, 2.75) is 0 Å². The van der Waals surface area contributed by atoms with Gasteiger partial charge in [0.2, 0.25) is 0 Å². The summed E-state index contributed by atoms with van der Waals surface area (Å²) in [6.07, 6.45) is 6.69. The first-order chi connectivity index (χ1) is 12.3. The minimum atomic E-state index is 0.639. The standard InChI is InChI=1S/C18H9BrN6/c19-12-9-23-16-15-17(13-14(18(16)25-12)21-7-6-20-13)24-11(8-22-15)10-4-2-1-3-5-10/h1-9H. The molecule has 118 valence electrons. The lowest BCUT2D eigenvalue weighted by molar-refractivity contribution is 1.22. The Labute approximate surface area is 150 Å². The van der Waals surface area contributed by atoms with Gasteiger partial charge in [-0.3, -0.25) is 9.97 Å². The molecule has 0 bridgehead atoms. The maximum absolute atomic E-state index is 4.80. The van der Waals surface area contributed by atoms with Gasteiger partial charge in [-0.05, 0) is 15.9 Å². The maximum atomic E-state index is 4.80. The van der Waals surface area contributed by atoms with Crippen LogP contribution < -0.4 is 0 Å². The molecule has 0 unspecified atom stereocenters. The molecule has 0 spiro atoms. The quantitative estimate of drug-likeness (QED) is 0.404. The Morgan fingerprint density at radius 3 is 1.92 bits per heavy atom. The highest BCUT2D eigenvalue weighted by Gasteiger charge is 2.16. The van der Waals surface area contributed by atoms with Gasteiger partial charge in [-0.15, -0.1) is 0 Å². The molecule has 0 atom stereocenters. The number of benzene rings is 2. The maximum Gasteiger partial charge on any atom is 0.125 e. The molecule has 0 aliphatic rings. The van der Waals surface area contributed by atoms with Crippen LogP contribution >= 0.6 is 15.9 Å². The molecule has 0 amide bonds. The summed E-state index contributed by atoms with van der Waals surface area (Å²) in [7, 11) is 0. The summed E-state index contributed by atoms with van der Waals surface area (Å²) in [6.45, 7) is 0. The molecule has 0 radical (unpaired) electrons. The van der Waals surface area contributed by atoms with Crippen molar-refractivity contribution in [1.82, 2.24) is 29.9 Å². The fourth-order valence-electron chi connectivity index (χ4n) is 2.87. The van der Waals surface area contributed by atoms with Crippen molar-refractivity contribution < 1.29 is 0 Å². The van der Waals surface area contributed by atoms with E-state index in [2.05, 4.69) is 40.8 Å². The first-order valence-electron chi connectivity index (χ1n) is 7.58. The Kier molecular flexibility index (Phi) is 3.14. The van der Waals surface area contributed by atoms with E-state index >= 15 is 0 Å². The van der Waals surface area contributed by atoms with E-state index in [1.807, 2.05) is 30.3 Å². The second-order valence-electron chi connectivity index (χ2n) is 5.46. The van der Waals surface area contributed by atoms with Gasteiger partial charge in [0.25, 0.3) is 0 Å². The van der Waals surface area contributed by atoms with Gasteiger partial charge in [-0.1, -0.05) is 30.3 Å². The van der Waals surface area contributed by atoms with Gasteiger partial charge < -0.3 is 0 Å². The average Bonchev–Trinajstić information content (AvgIpc) is 2.68. The topological polar surface area (TPSA) is 77.3 Å². The zero-order valence-corrected chi connectivity index (χ0v) is 14.3. The molecule has 0 N–H and O–H groups in total. The SMILES string of the molecule is Brc1cnc2c3ncc(-c4ccccc4)nc3c3nccnc3c2n1. The summed E-state index contributed by atoms with van der Waals surface area (Å²) in [5, 5.41) is 0. The van der Waals surface area contributed by atoms with Crippen LogP contribution in [0.25, 0.3) is 44.4 Å². The van der Waals surface area contributed by atoms with Gasteiger partial charge in [0.05, 0.1) is 18.1 Å². The van der Waals surface area contributed by atoms with Gasteiger partial charge in [0.15, 0.2) is 0 Å². The van der Waals surface area contributed by atoms with Crippen molar-refractivity contribution in [3.8, 4) is 11.3 Å². The lowest BCUT2D eigenvalue weighted by Gasteiger charge is -2.08. The number of rotatable bonds is 1. The van der Waals surface area contributed by atoms with Gasteiger partial charge in [-0.25, -0.2) is 19.9 Å². The number of hydrogen-bond donors (Lipinski definition) is 0. The molecule has 2 aromatic carbocycles. The van der Waals surface area contributed by atoms with Crippen LogP contribution in [-0.2, 0) is 0 Å². The summed E-state index contributed by atoms with van der Waals surface area (Å²) in [4.78, 5) is 27.3. The molecule has 5 aromatic rings. The van der Waals surface area contributed by atoms with E-state index in [0.717, 1.165) is 11.3 Å². The van der Waals surface area contributed by atoms with Crippen molar-refractivity contribution in [3.05, 3.63) is 59.7 Å². The highest BCUT2D eigenvalue weighted by atomic mass is 79.9. The molecule has 0 fully saturated rings. The minimum absolute atomic E-state index is 0.639. The van der Waals surface area contributed by atoms with Crippen LogP contribution in [0.5, 0.6) is 0 Å². The Balaban J connectivity index is 1.96. The number of aromatic nitrogens is 6. The first kappa shape index (κ1) is 14.3. The normalized spacial score (nSPS) is 11.4. The number of hydrogen-bond acceptors (Lipinski definition) is 6. The van der Waals surface area contributed by atoms with Crippen LogP contribution in [0.3, 0.4) is 0 Å². The van der Waals surface area contributed by atoms with E-state index in [1.54, 1.807) is 24.8 Å². The molecule has 7 heteroatoms. The number of halogens is 1. The van der Waals surface area contributed by atoms with Crippen molar-refractivity contribution >= 4 is 49.0 Å². The molecule has 0 saturated heterocycles. The fraction of sp³-hybridized carbons (Fsp3) is 0. The molecule has 6 nitrogen and oxygen atoms in total. The lowest BCUT2D eigenvalue weighted by atomic mass is 10.1. The third-order valence-corrected chi connectivity index (χ3v) is 4.34. The Hall–Kier alpha value is -3.06. The van der Waals surface area contributed by atoms with Gasteiger partial charge in [-0.2, -0.15) is 0 Å². The van der Waals surface area contributed by atoms with Gasteiger partial charge in [0, 0.05) is 18.0 Å². The van der Waals surface area contributed by atoms with E-state index < -0.39 is 0 Å². The van der Waals surface area contributed by atoms with Crippen LogP contribution in [0.1, 0.15) is 0 Å². The third kappa shape index (κ3) is 2.24. The number of nitrogens with zero attached hydrogens (tertiary/aromatic N) is 6. The third-order valence-electron chi connectivity index (χ3n) is 3.96. The largest absolute Gasteiger partial charge is 0.251 e. The molecule has 25 heavy (non-hydrogen) atoms. The summed E-state index contributed by atoms with van der Waals surface area (Å²) in [5.74, 6) is 0. The second-order valence-corrected chi connectivity index (χ2v) is 6.27. The Morgan fingerprint density at radius 2 is 1.20 bits per heavy atom. The van der Waals surface area contributed by atoms with Gasteiger partial charge in [0.1, 0.15) is 37.7 Å². The second kappa shape index (κ2) is 5.49. The summed E-state index contributed by atoms with van der Waals surface area (Å²) < 4.78 is 0.639. The molecule has 3 heterocycles. The zero-order chi connectivity index (χ0) is 16.8. The van der Waals surface area contributed by atoms with E-state index in [9.17, 15) is 0 Å². The minimum Gasteiger partial charge on any atom is -0.251 e. The molecule has 0 aliphatic carbocycles. The van der Waals surface area contributed by atoms with Crippen molar-refractivity contribution in [3.63, 3.8) is 0 Å². The van der Waals surface area contributed by atoms with E-state index in [4.69, 9.17) is 4.98 Å². The molecule has 3 aromatic heterocycles. The number of fused-ring (bicyclic) bond motifs is 6. The average molecular weight is 389 g/mol. The van der Waals surface area contributed by atoms with Crippen LogP contribution in [-0.4, -0.2) is 29.9 Å². The predicted octanol–water partition coefficient (Wildman–Crippen LogP) is 3.95. The highest BCUT2D eigenvalue weighted by Crippen LogP contribution is 2.30. The van der Waals surface area contributed by atoms with Crippen molar-refractivity contribution in [2.75, 3.05) is 0 Å². The van der Waals surface area contributed by atoms with Crippen molar-refractivity contribution in [1.29, 1.82) is 0 Å². The van der Waals surface area contributed by atoms with Crippen molar-refractivity contribution in [2.24, 2.45) is 0 Å². The van der Waals surface area contributed by atoms with Crippen LogP contribution in [0.15, 0.2) is 59.7 Å². The van der Waals surface area contributed by atoms with E-state index in [0.29, 0.717) is 37.7 Å². The molecule has 0 saturated carbocycles. The molecular weight excluding hydrogens is 380 g/mol. The zero-order valence-electron chi connectivity index (χ0n) is 12.8. The Bertz CT molecular complexity index is 1240. The summed E-state index contributed by atoms with van der Waals surface area (Å²) >= 11 is 3.37. The molecular formula is C18H9BrN6. The smallest absolute Gasteiger partial charge is 0.125 e.